The highest BCUT2D eigenvalue weighted by Gasteiger charge is 2.37. The Kier molecular flexibility index (Phi) is 16.3. The van der Waals surface area contributed by atoms with E-state index in [0.717, 1.165) is 13.2 Å². The summed E-state index contributed by atoms with van der Waals surface area (Å²) in [7, 11) is -3.06. The summed E-state index contributed by atoms with van der Waals surface area (Å²) in [5.74, 6) is 0. The van der Waals surface area contributed by atoms with Gasteiger partial charge < -0.3 is 8.85 Å². The average molecular weight is 487 g/mol. The zero-order chi connectivity index (χ0) is 24.7. The van der Waals surface area contributed by atoms with Gasteiger partial charge >= 0.3 is 0 Å². The highest BCUT2D eigenvalue weighted by atomic mass is 28.4. The third kappa shape index (κ3) is 15.3. The van der Waals surface area contributed by atoms with Crippen LogP contribution in [0.25, 0.3) is 0 Å². The van der Waals surface area contributed by atoms with Gasteiger partial charge in [0.25, 0.3) is 0 Å². The molecule has 0 aromatic carbocycles. The van der Waals surface area contributed by atoms with Crippen molar-refractivity contribution in [3.63, 3.8) is 0 Å². The zero-order valence-corrected chi connectivity index (χ0v) is 26.1. The minimum atomic E-state index is -1.53. The summed E-state index contributed by atoms with van der Waals surface area (Å²) in [4.78, 5) is 0. The van der Waals surface area contributed by atoms with Crippen molar-refractivity contribution < 1.29 is 8.85 Å². The highest BCUT2D eigenvalue weighted by Crippen LogP contribution is 2.37. The Hall–Kier alpha value is 0.354. The van der Waals surface area contributed by atoms with E-state index in [1.54, 1.807) is 0 Å². The van der Waals surface area contributed by atoms with Crippen molar-refractivity contribution in [2.75, 3.05) is 13.2 Å². The normalized spacial score (nSPS) is 13.7. The lowest BCUT2D eigenvalue weighted by Gasteiger charge is -2.36. The maximum atomic E-state index is 6.27. The molecule has 0 heterocycles. The first kappa shape index (κ1) is 32.4. The highest BCUT2D eigenvalue weighted by molar-refractivity contribution is 6.74. The average Bonchev–Trinajstić information content (AvgIpc) is 2.65. The third-order valence-corrected chi connectivity index (χ3v) is 17.2. The van der Waals surface area contributed by atoms with Gasteiger partial charge in [-0.05, 0) is 49.1 Å². The van der Waals surface area contributed by atoms with Crippen LogP contribution in [0.2, 0.25) is 36.3 Å². The van der Waals surface area contributed by atoms with Crippen LogP contribution in [-0.2, 0) is 8.85 Å². The van der Waals surface area contributed by atoms with E-state index in [4.69, 9.17) is 8.85 Å². The van der Waals surface area contributed by atoms with Gasteiger partial charge in [0.2, 0.25) is 0 Å². The predicted molar refractivity (Wildman–Crippen MR) is 151 cm³/mol. The lowest BCUT2D eigenvalue weighted by Crippen LogP contribution is -2.40. The molecule has 0 aromatic heterocycles. The Labute approximate surface area is 206 Å². The Balaban J connectivity index is 3.34. The Morgan fingerprint density at radius 3 is 0.750 bits per heavy atom. The second kappa shape index (κ2) is 16.1. The summed E-state index contributed by atoms with van der Waals surface area (Å²) in [6.07, 6.45) is 19.4. The Bertz CT molecular complexity index is 405. The van der Waals surface area contributed by atoms with Gasteiger partial charge in [-0.25, -0.2) is 0 Å². The number of rotatable bonds is 19. The van der Waals surface area contributed by atoms with E-state index in [9.17, 15) is 0 Å². The minimum Gasteiger partial charge on any atom is -0.417 e. The minimum absolute atomic E-state index is 0.340. The van der Waals surface area contributed by atoms with Gasteiger partial charge in [-0.1, -0.05) is 119 Å². The van der Waals surface area contributed by atoms with Crippen molar-refractivity contribution in [1.29, 1.82) is 0 Å². The maximum Gasteiger partial charge on any atom is 0.191 e. The molecular weight excluding hydrogens is 424 g/mol. The summed E-state index contributed by atoms with van der Waals surface area (Å²) in [6.45, 7) is 25.3. The van der Waals surface area contributed by atoms with E-state index < -0.39 is 16.6 Å². The van der Waals surface area contributed by atoms with Gasteiger partial charge in [0.15, 0.2) is 16.6 Å². The van der Waals surface area contributed by atoms with Gasteiger partial charge in [-0.15, -0.1) is 0 Å². The quantitative estimate of drug-likeness (QED) is 0.133. The van der Waals surface area contributed by atoms with Crippen LogP contribution in [0, 0.1) is 0 Å². The molecule has 0 spiro atoms. The van der Waals surface area contributed by atoms with Crippen LogP contribution in [0.4, 0.5) is 0 Å². The molecular formula is C28H62O2Si2. The summed E-state index contributed by atoms with van der Waals surface area (Å²) >= 11 is 0. The lowest BCUT2D eigenvalue weighted by atomic mass is 10.0. The summed E-state index contributed by atoms with van der Waals surface area (Å²) in [6, 6.07) is 0. The van der Waals surface area contributed by atoms with Crippen molar-refractivity contribution in [3.8, 4) is 0 Å². The maximum absolute atomic E-state index is 6.27. The third-order valence-electron chi connectivity index (χ3n) is 8.08. The molecule has 0 aliphatic heterocycles. The van der Waals surface area contributed by atoms with Gasteiger partial charge in [0, 0.05) is 13.2 Å². The molecule has 0 saturated carbocycles. The molecule has 0 amide bonds. The van der Waals surface area contributed by atoms with Crippen LogP contribution in [0.5, 0.6) is 0 Å². The smallest absolute Gasteiger partial charge is 0.191 e. The van der Waals surface area contributed by atoms with E-state index in [2.05, 4.69) is 67.7 Å². The second-order valence-electron chi connectivity index (χ2n) is 13.2. The van der Waals surface area contributed by atoms with Crippen LogP contribution in [0.15, 0.2) is 0 Å². The van der Waals surface area contributed by atoms with Crippen LogP contribution in [-0.4, -0.2) is 29.8 Å². The topological polar surface area (TPSA) is 18.5 Å². The lowest BCUT2D eigenvalue weighted by molar-refractivity contribution is 0.277. The van der Waals surface area contributed by atoms with Crippen molar-refractivity contribution in [1.82, 2.24) is 0 Å². The van der Waals surface area contributed by atoms with Crippen LogP contribution < -0.4 is 0 Å². The fourth-order valence-corrected chi connectivity index (χ4v) is 5.59. The van der Waals surface area contributed by atoms with Crippen molar-refractivity contribution in [2.24, 2.45) is 0 Å². The van der Waals surface area contributed by atoms with Crippen LogP contribution >= 0.6 is 0 Å². The van der Waals surface area contributed by atoms with Crippen LogP contribution in [0.1, 0.15) is 131 Å². The molecule has 0 N–H and O–H groups in total. The zero-order valence-electron chi connectivity index (χ0n) is 24.1. The van der Waals surface area contributed by atoms with Gasteiger partial charge in [0.1, 0.15) is 0 Å². The van der Waals surface area contributed by atoms with Crippen LogP contribution in [0.3, 0.4) is 0 Å². The van der Waals surface area contributed by atoms with Gasteiger partial charge in [0.05, 0.1) is 0 Å². The second-order valence-corrected chi connectivity index (χ2v) is 22.8. The molecule has 0 aliphatic carbocycles. The standard InChI is InChI=1S/C28H62O2Si2/c1-27(2,3)31(7,8)29-25-23-21-19-17-15-13-11-12-14-16-18-20-22-24-26-30-32(9,10)28(4,5)6/h11-26H2,1-10H3. The summed E-state index contributed by atoms with van der Waals surface area (Å²) in [5.41, 5.74) is 0. The van der Waals surface area contributed by atoms with Crippen molar-refractivity contribution >= 4 is 16.6 Å². The molecule has 2 nitrogen and oxygen atoms in total. The molecule has 0 unspecified atom stereocenters. The predicted octanol–water partition coefficient (Wildman–Crippen LogP) is 10.5. The molecule has 0 aromatic rings. The summed E-state index contributed by atoms with van der Waals surface area (Å²) in [5, 5.41) is 0.680. The molecule has 0 aliphatic rings. The monoisotopic (exact) mass is 486 g/mol. The van der Waals surface area contributed by atoms with E-state index >= 15 is 0 Å². The van der Waals surface area contributed by atoms with E-state index in [0.29, 0.717) is 10.1 Å². The molecule has 0 fully saturated rings. The summed E-state index contributed by atoms with van der Waals surface area (Å²) < 4.78 is 12.5. The van der Waals surface area contributed by atoms with Crippen molar-refractivity contribution in [3.05, 3.63) is 0 Å². The molecule has 0 rings (SSSR count). The molecule has 0 atom stereocenters. The molecule has 0 radical (unpaired) electrons. The molecule has 0 bridgehead atoms. The van der Waals surface area contributed by atoms with E-state index in [1.165, 1.54) is 89.9 Å². The SMILES string of the molecule is CC(C)(C)[Si](C)(C)OCCCCCCCCCCCCCCCCO[Si](C)(C)C(C)(C)C. The number of hydrogen-bond donors (Lipinski definition) is 0. The molecule has 32 heavy (non-hydrogen) atoms. The Morgan fingerprint density at radius 1 is 0.375 bits per heavy atom. The first-order valence-electron chi connectivity index (χ1n) is 14.0. The fourth-order valence-electron chi connectivity index (χ4n) is 3.41. The molecule has 194 valence electrons. The number of hydrogen-bond acceptors (Lipinski definition) is 2. The number of unbranched alkanes of at least 4 members (excludes halogenated alkanes) is 13. The Morgan fingerprint density at radius 2 is 0.562 bits per heavy atom. The first-order chi connectivity index (χ1) is 14.7. The molecule has 0 saturated heterocycles. The van der Waals surface area contributed by atoms with Gasteiger partial charge in [-0.3, -0.25) is 0 Å². The van der Waals surface area contributed by atoms with Crippen molar-refractivity contribution in [2.45, 2.75) is 168 Å². The van der Waals surface area contributed by atoms with E-state index in [-0.39, 0.29) is 0 Å². The largest absolute Gasteiger partial charge is 0.417 e. The molecule has 4 heteroatoms. The fraction of sp³-hybridized carbons (Fsp3) is 1.00. The first-order valence-corrected chi connectivity index (χ1v) is 19.8. The van der Waals surface area contributed by atoms with Gasteiger partial charge in [-0.2, -0.15) is 0 Å². The van der Waals surface area contributed by atoms with E-state index in [1.807, 2.05) is 0 Å².